The number of hydrogen-bond acceptors (Lipinski definition) is 4. The van der Waals surface area contributed by atoms with Gasteiger partial charge in [0.1, 0.15) is 0 Å². The number of morpholine rings is 1. The van der Waals surface area contributed by atoms with Crippen LogP contribution in [0.5, 0.6) is 0 Å². The molecule has 1 aliphatic heterocycles. The summed E-state index contributed by atoms with van der Waals surface area (Å²) < 4.78 is 31.7. The molecule has 1 fully saturated rings. The second-order valence-corrected chi connectivity index (χ2v) is 7.78. The molecule has 0 bridgehead atoms. The fourth-order valence-electron chi connectivity index (χ4n) is 2.42. The van der Waals surface area contributed by atoms with Gasteiger partial charge in [-0.2, -0.15) is 0 Å². The average Bonchev–Trinajstić information content (AvgIpc) is 2.46. The van der Waals surface area contributed by atoms with Gasteiger partial charge in [-0.1, -0.05) is 30.3 Å². The van der Waals surface area contributed by atoms with Crippen LogP contribution in [0.1, 0.15) is 5.56 Å². The Morgan fingerprint density at radius 1 is 1.33 bits per heavy atom. The van der Waals surface area contributed by atoms with Gasteiger partial charge in [0.2, 0.25) is 10.0 Å². The Morgan fingerprint density at radius 3 is 2.71 bits per heavy atom. The minimum absolute atomic E-state index is 0.0414. The summed E-state index contributed by atoms with van der Waals surface area (Å²) in [4.78, 5) is 2.17. The topological polar surface area (TPSA) is 49.9 Å². The van der Waals surface area contributed by atoms with Crippen LogP contribution >= 0.6 is 0 Å². The van der Waals surface area contributed by atoms with Gasteiger partial charge in [0.25, 0.3) is 0 Å². The van der Waals surface area contributed by atoms with E-state index in [1.807, 2.05) is 37.4 Å². The molecule has 5 nitrogen and oxygen atoms in total. The van der Waals surface area contributed by atoms with E-state index in [1.165, 1.54) is 4.31 Å². The van der Waals surface area contributed by atoms with E-state index in [9.17, 15) is 8.42 Å². The third kappa shape index (κ3) is 5.07. The van der Waals surface area contributed by atoms with Crippen molar-refractivity contribution >= 4 is 10.0 Å². The lowest BCUT2D eigenvalue weighted by atomic mass is 10.2. The zero-order chi connectivity index (χ0) is 15.3. The Balaban J connectivity index is 1.86. The molecule has 0 radical (unpaired) electrons. The highest BCUT2D eigenvalue weighted by Gasteiger charge is 2.25. The first kappa shape index (κ1) is 16.4. The molecule has 0 spiro atoms. The van der Waals surface area contributed by atoms with Crippen molar-refractivity contribution in [1.29, 1.82) is 0 Å². The van der Waals surface area contributed by atoms with E-state index in [1.54, 1.807) is 7.05 Å². The lowest BCUT2D eigenvalue weighted by Crippen LogP contribution is -2.46. The molecule has 1 saturated heterocycles. The van der Waals surface area contributed by atoms with Crippen LogP contribution in [-0.4, -0.2) is 69.8 Å². The van der Waals surface area contributed by atoms with Crippen molar-refractivity contribution in [2.45, 2.75) is 12.5 Å². The van der Waals surface area contributed by atoms with Crippen LogP contribution in [0.25, 0.3) is 0 Å². The molecule has 0 aliphatic carbocycles. The molecule has 0 aromatic heterocycles. The second kappa shape index (κ2) is 7.35. The van der Waals surface area contributed by atoms with Crippen LogP contribution < -0.4 is 0 Å². The number of aryl methyl sites for hydroxylation is 1. The fourth-order valence-corrected chi connectivity index (χ4v) is 3.62. The third-order valence-electron chi connectivity index (χ3n) is 3.77. The first-order valence-corrected chi connectivity index (χ1v) is 8.86. The molecule has 2 rings (SSSR count). The minimum atomic E-state index is -3.24. The Kier molecular flexibility index (Phi) is 5.75. The first-order valence-electron chi connectivity index (χ1n) is 7.25. The van der Waals surface area contributed by atoms with E-state index in [2.05, 4.69) is 4.90 Å². The monoisotopic (exact) mass is 312 g/mol. The maximum absolute atomic E-state index is 12.3. The van der Waals surface area contributed by atoms with E-state index in [4.69, 9.17) is 4.74 Å². The maximum atomic E-state index is 12.3. The predicted octanol–water partition coefficient (Wildman–Crippen LogP) is 0.821. The third-order valence-corrected chi connectivity index (χ3v) is 5.59. The Morgan fingerprint density at radius 2 is 2.05 bits per heavy atom. The maximum Gasteiger partial charge on any atom is 0.214 e. The minimum Gasteiger partial charge on any atom is -0.374 e. The molecule has 1 atom stereocenters. The Bertz CT molecular complexity index is 533. The second-order valence-electron chi connectivity index (χ2n) is 5.59. The molecular weight excluding hydrogens is 288 g/mol. The number of sulfonamides is 1. The van der Waals surface area contributed by atoms with E-state index in [-0.39, 0.29) is 11.9 Å². The van der Waals surface area contributed by atoms with Crippen molar-refractivity contribution in [2.24, 2.45) is 0 Å². The van der Waals surface area contributed by atoms with Crippen molar-refractivity contribution < 1.29 is 13.2 Å². The van der Waals surface area contributed by atoms with Crippen molar-refractivity contribution in [2.75, 3.05) is 46.1 Å². The average molecular weight is 312 g/mol. The number of likely N-dealkylation sites (N-methyl/N-ethyl adjacent to an activating group) is 2. The summed E-state index contributed by atoms with van der Waals surface area (Å²) in [6, 6.07) is 9.69. The molecular formula is C15H24N2O3S. The fraction of sp³-hybridized carbons (Fsp3) is 0.600. The SMILES string of the molecule is CN1CCOC(CN(C)S(=O)(=O)CCc2ccccc2)C1. The summed E-state index contributed by atoms with van der Waals surface area (Å²) in [6.07, 6.45) is 0.499. The lowest BCUT2D eigenvalue weighted by Gasteiger charge is -2.32. The van der Waals surface area contributed by atoms with Crippen LogP contribution in [-0.2, 0) is 21.2 Å². The zero-order valence-corrected chi connectivity index (χ0v) is 13.6. The van der Waals surface area contributed by atoms with Crippen LogP contribution in [0.3, 0.4) is 0 Å². The van der Waals surface area contributed by atoms with Crippen molar-refractivity contribution in [3.05, 3.63) is 35.9 Å². The molecule has 6 heteroatoms. The molecule has 21 heavy (non-hydrogen) atoms. The van der Waals surface area contributed by atoms with Gasteiger partial charge in [-0.05, 0) is 19.0 Å². The molecule has 1 unspecified atom stereocenters. The summed E-state index contributed by atoms with van der Waals surface area (Å²) in [6.45, 7) is 2.76. The molecule has 1 aromatic carbocycles. The quantitative estimate of drug-likeness (QED) is 0.780. The molecule has 0 amide bonds. The van der Waals surface area contributed by atoms with Crippen LogP contribution in [0.2, 0.25) is 0 Å². The van der Waals surface area contributed by atoms with Gasteiger partial charge >= 0.3 is 0 Å². The molecule has 1 heterocycles. The molecule has 118 valence electrons. The standard InChI is InChI=1S/C15H24N2O3S/c1-16-9-10-20-15(12-16)13-17(2)21(18,19)11-8-14-6-4-3-5-7-14/h3-7,15H,8-13H2,1-2H3. The van der Waals surface area contributed by atoms with Crippen LogP contribution in [0, 0.1) is 0 Å². The highest BCUT2D eigenvalue weighted by molar-refractivity contribution is 7.89. The van der Waals surface area contributed by atoms with Crippen molar-refractivity contribution in [1.82, 2.24) is 9.21 Å². The highest BCUT2D eigenvalue weighted by atomic mass is 32.2. The van der Waals surface area contributed by atoms with E-state index < -0.39 is 10.0 Å². The van der Waals surface area contributed by atoms with Crippen LogP contribution in [0.15, 0.2) is 30.3 Å². The molecule has 1 aliphatic rings. The summed E-state index contributed by atoms with van der Waals surface area (Å²) in [7, 11) is 0.424. The van der Waals surface area contributed by atoms with Gasteiger partial charge in [0.05, 0.1) is 18.5 Å². The highest BCUT2D eigenvalue weighted by Crippen LogP contribution is 2.09. The van der Waals surface area contributed by atoms with E-state index >= 15 is 0 Å². The van der Waals surface area contributed by atoms with Gasteiger partial charge in [0, 0.05) is 26.7 Å². The number of nitrogens with zero attached hydrogens (tertiary/aromatic N) is 2. The lowest BCUT2D eigenvalue weighted by molar-refractivity contribution is -0.0247. The van der Waals surface area contributed by atoms with Gasteiger partial charge in [-0.3, -0.25) is 0 Å². The summed E-state index contributed by atoms with van der Waals surface area (Å²) in [5.74, 6) is 0.135. The van der Waals surface area contributed by atoms with Crippen molar-refractivity contribution in [3.8, 4) is 0 Å². The number of rotatable bonds is 6. The Hall–Kier alpha value is -0.950. The molecule has 0 saturated carbocycles. The molecule has 1 aromatic rings. The van der Waals surface area contributed by atoms with E-state index in [0.29, 0.717) is 19.6 Å². The predicted molar refractivity (Wildman–Crippen MR) is 83.8 cm³/mol. The van der Waals surface area contributed by atoms with Crippen molar-refractivity contribution in [3.63, 3.8) is 0 Å². The molecule has 0 N–H and O–H groups in total. The normalized spacial score (nSPS) is 20.8. The zero-order valence-electron chi connectivity index (χ0n) is 12.7. The van der Waals surface area contributed by atoms with Gasteiger partial charge in [0.15, 0.2) is 0 Å². The van der Waals surface area contributed by atoms with Gasteiger partial charge in [-0.25, -0.2) is 12.7 Å². The summed E-state index contributed by atoms with van der Waals surface area (Å²) >= 11 is 0. The summed E-state index contributed by atoms with van der Waals surface area (Å²) in [5.41, 5.74) is 1.04. The number of benzene rings is 1. The number of ether oxygens (including phenoxy) is 1. The first-order chi connectivity index (χ1) is 9.97. The van der Waals surface area contributed by atoms with E-state index in [0.717, 1.165) is 18.7 Å². The largest absolute Gasteiger partial charge is 0.374 e. The van der Waals surface area contributed by atoms with Gasteiger partial charge in [-0.15, -0.1) is 0 Å². The van der Waals surface area contributed by atoms with Gasteiger partial charge < -0.3 is 9.64 Å². The smallest absolute Gasteiger partial charge is 0.214 e. The van der Waals surface area contributed by atoms with Crippen LogP contribution in [0.4, 0.5) is 0 Å². The Labute approximate surface area is 127 Å². The summed E-state index contributed by atoms with van der Waals surface area (Å²) in [5, 5.41) is 0. The number of hydrogen-bond donors (Lipinski definition) is 0.